The van der Waals surface area contributed by atoms with Crippen LogP contribution in [-0.2, 0) is 22.4 Å². The van der Waals surface area contributed by atoms with Gasteiger partial charge in [0.05, 0.1) is 13.5 Å². The molecule has 0 aliphatic heterocycles. The lowest BCUT2D eigenvalue weighted by molar-refractivity contribution is -0.127. The molecule has 2 amide bonds. The molecule has 3 aromatic carbocycles. The minimum Gasteiger partial charge on any atom is -0.497 e. The molecule has 0 bridgehead atoms. The van der Waals surface area contributed by atoms with Crippen molar-refractivity contribution in [2.24, 2.45) is 5.73 Å². The van der Waals surface area contributed by atoms with Gasteiger partial charge in [0, 0.05) is 6.42 Å². The van der Waals surface area contributed by atoms with Crippen LogP contribution in [0.3, 0.4) is 0 Å². The van der Waals surface area contributed by atoms with Gasteiger partial charge in [0.25, 0.3) is 0 Å². The van der Waals surface area contributed by atoms with Gasteiger partial charge in [0.1, 0.15) is 11.8 Å². The van der Waals surface area contributed by atoms with Crippen LogP contribution in [0.2, 0.25) is 0 Å². The summed E-state index contributed by atoms with van der Waals surface area (Å²) < 4.78 is 5.19. The van der Waals surface area contributed by atoms with Gasteiger partial charge < -0.3 is 15.8 Å². The van der Waals surface area contributed by atoms with Gasteiger partial charge in [0.2, 0.25) is 11.8 Å². The van der Waals surface area contributed by atoms with E-state index >= 15 is 0 Å². The molecule has 0 aromatic heterocycles. The Morgan fingerprint density at radius 1 is 0.963 bits per heavy atom. The van der Waals surface area contributed by atoms with Crippen LogP contribution in [0.25, 0.3) is 10.8 Å². The molecule has 0 spiro atoms. The van der Waals surface area contributed by atoms with Gasteiger partial charge in [-0.3, -0.25) is 9.59 Å². The largest absolute Gasteiger partial charge is 0.497 e. The molecule has 3 aromatic rings. The van der Waals surface area contributed by atoms with Crippen molar-refractivity contribution in [2.75, 3.05) is 7.11 Å². The molecule has 0 saturated heterocycles. The molecule has 0 fully saturated rings. The van der Waals surface area contributed by atoms with E-state index < -0.39 is 11.9 Å². The van der Waals surface area contributed by atoms with E-state index in [2.05, 4.69) is 5.32 Å². The Hall–Kier alpha value is -3.34. The maximum absolute atomic E-state index is 12.4. The number of ether oxygens (including phenoxy) is 1. The van der Waals surface area contributed by atoms with E-state index in [1.54, 1.807) is 7.11 Å². The predicted octanol–water partition coefficient (Wildman–Crippen LogP) is 2.60. The number of primary amides is 1. The molecular weight excluding hydrogens is 340 g/mol. The highest BCUT2D eigenvalue weighted by Crippen LogP contribution is 2.17. The van der Waals surface area contributed by atoms with Gasteiger partial charge in [-0.25, -0.2) is 0 Å². The van der Waals surface area contributed by atoms with Crippen LogP contribution >= 0.6 is 0 Å². The summed E-state index contributed by atoms with van der Waals surface area (Å²) in [6.07, 6.45) is 0.503. The average molecular weight is 362 g/mol. The molecule has 3 rings (SSSR count). The minimum atomic E-state index is -0.773. The molecule has 0 aliphatic carbocycles. The Morgan fingerprint density at radius 2 is 1.74 bits per heavy atom. The third-order valence-electron chi connectivity index (χ3n) is 4.43. The van der Waals surface area contributed by atoms with Crippen LogP contribution in [0.15, 0.2) is 66.7 Å². The molecule has 0 heterocycles. The third-order valence-corrected chi connectivity index (χ3v) is 4.43. The van der Waals surface area contributed by atoms with E-state index in [9.17, 15) is 9.59 Å². The van der Waals surface area contributed by atoms with Crippen molar-refractivity contribution in [3.05, 3.63) is 77.9 Å². The van der Waals surface area contributed by atoms with E-state index in [1.807, 2.05) is 66.7 Å². The number of methoxy groups -OCH3 is 1. The minimum absolute atomic E-state index is 0.187. The highest BCUT2D eigenvalue weighted by molar-refractivity contribution is 5.89. The molecule has 27 heavy (non-hydrogen) atoms. The first-order valence-electron chi connectivity index (χ1n) is 8.74. The maximum atomic E-state index is 12.4. The first-order chi connectivity index (χ1) is 13.0. The third kappa shape index (κ3) is 4.85. The van der Waals surface area contributed by atoms with Crippen molar-refractivity contribution < 1.29 is 14.3 Å². The van der Waals surface area contributed by atoms with Crippen molar-refractivity contribution in [2.45, 2.75) is 18.9 Å². The lowest BCUT2D eigenvalue weighted by Gasteiger charge is -2.16. The summed E-state index contributed by atoms with van der Waals surface area (Å²) >= 11 is 0. The Morgan fingerprint density at radius 3 is 2.48 bits per heavy atom. The van der Waals surface area contributed by atoms with Crippen LogP contribution in [0.1, 0.15) is 11.1 Å². The molecule has 0 aliphatic rings. The Kier molecular flexibility index (Phi) is 5.71. The van der Waals surface area contributed by atoms with Crippen LogP contribution in [0.5, 0.6) is 5.75 Å². The molecule has 5 nitrogen and oxygen atoms in total. The van der Waals surface area contributed by atoms with E-state index in [4.69, 9.17) is 10.5 Å². The summed E-state index contributed by atoms with van der Waals surface area (Å²) in [5.74, 6) is -0.111. The predicted molar refractivity (Wildman–Crippen MR) is 105 cm³/mol. The first-order valence-corrected chi connectivity index (χ1v) is 8.74. The lowest BCUT2D eigenvalue weighted by Crippen LogP contribution is -2.46. The molecule has 0 unspecified atom stereocenters. The van der Waals surface area contributed by atoms with Crippen LogP contribution in [-0.4, -0.2) is 25.0 Å². The number of nitrogens with two attached hydrogens (primary N) is 1. The van der Waals surface area contributed by atoms with Crippen LogP contribution in [0, 0.1) is 0 Å². The van der Waals surface area contributed by atoms with Crippen molar-refractivity contribution in [3.8, 4) is 5.75 Å². The normalized spacial score (nSPS) is 11.7. The smallest absolute Gasteiger partial charge is 0.240 e. The van der Waals surface area contributed by atoms with Gasteiger partial charge in [-0.05, 0) is 34.0 Å². The average Bonchev–Trinajstić information content (AvgIpc) is 2.67. The summed E-state index contributed by atoms with van der Waals surface area (Å²) in [6, 6.07) is 20.4. The van der Waals surface area contributed by atoms with Gasteiger partial charge >= 0.3 is 0 Å². The monoisotopic (exact) mass is 362 g/mol. The first kappa shape index (κ1) is 18.5. The van der Waals surface area contributed by atoms with Gasteiger partial charge in [-0.2, -0.15) is 0 Å². The van der Waals surface area contributed by atoms with Crippen LogP contribution < -0.4 is 15.8 Å². The number of amides is 2. The second kappa shape index (κ2) is 8.36. The summed E-state index contributed by atoms with van der Waals surface area (Å²) in [5, 5.41) is 4.94. The fraction of sp³-hybridized carbons (Fsp3) is 0.182. The Bertz CT molecular complexity index is 968. The topological polar surface area (TPSA) is 81.4 Å². The lowest BCUT2D eigenvalue weighted by atomic mass is 10.0. The van der Waals surface area contributed by atoms with Crippen molar-refractivity contribution >= 4 is 22.6 Å². The summed E-state index contributed by atoms with van der Waals surface area (Å²) in [4.78, 5) is 24.2. The number of hydrogen-bond acceptors (Lipinski definition) is 3. The Balaban J connectivity index is 1.67. The summed E-state index contributed by atoms with van der Waals surface area (Å²) in [5.41, 5.74) is 7.24. The van der Waals surface area contributed by atoms with Crippen molar-refractivity contribution in [1.29, 1.82) is 0 Å². The zero-order chi connectivity index (χ0) is 19.2. The molecule has 0 radical (unpaired) electrons. The van der Waals surface area contributed by atoms with E-state index in [0.29, 0.717) is 12.2 Å². The molecule has 3 N–H and O–H groups in total. The molecule has 5 heteroatoms. The zero-order valence-electron chi connectivity index (χ0n) is 15.1. The SMILES string of the molecule is COc1cccc(C[C@H](NC(=O)Cc2ccc3ccccc3c2)C(N)=O)c1. The summed E-state index contributed by atoms with van der Waals surface area (Å²) in [7, 11) is 1.58. The van der Waals surface area contributed by atoms with E-state index in [0.717, 1.165) is 21.9 Å². The molecule has 1 atom stereocenters. The molecular formula is C22H22N2O3. The molecule has 0 saturated carbocycles. The number of nitrogens with one attached hydrogen (secondary N) is 1. The zero-order valence-corrected chi connectivity index (χ0v) is 15.1. The Labute approximate surface area is 158 Å². The van der Waals surface area contributed by atoms with Crippen molar-refractivity contribution in [3.63, 3.8) is 0 Å². The highest BCUT2D eigenvalue weighted by atomic mass is 16.5. The fourth-order valence-corrected chi connectivity index (χ4v) is 3.04. The number of carbonyl (C=O) groups is 2. The number of rotatable bonds is 7. The fourth-order valence-electron chi connectivity index (χ4n) is 3.04. The second-order valence-corrected chi connectivity index (χ2v) is 6.44. The van der Waals surface area contributed by atoms with Gasteiger partial charge in [0.15, 0.2) is 0 Å². The van der Waals surface area contributed by atoms with Gasteiger partial charge in [-0.1, -0.05) is 54.6 Å². The summed E-state index contributed by atoms with van der Waals surface area (Å²) in [6.45, 7) is 0. The highest BCUT2D eigenvalue weighted by Gasteiger charge is 2.19. The standard InChI is InChI=1S/C22H22N2O3/c1-27-19-8-4-5-15(12-19)13-20(22(23)26)24-21(25)14-16-9-10-17-6-2-3-7-18(17)11-16/h2-12,20H,13-14H2,1H3,(H2,23,26)(H,24,25)/t20-/m0/s1. The van der Waals surface area contributed by atoms with E-state index in [1.165, 1.54) is 0 Å². The number of carbonyl (C=O) groups excluding carboxylic acids is 2. The van der Waals surface area contributed by atoms with Gasteiger partial charge in [-0.15, -0.1) is 0 Å². The molecule has 138 valence electrons. The second-order valence-electron chi connectivity index (χ2n) is 6.44. The number of benzene rings is 3. The maximum Gasteiger partial charge on any atom is 0.240 e. The number of fused-ring (bicyclic) bond motifs is 1. The quantitative estimate of drug-likeness (QED) is 0.678. The van der Waals surface area contributed by atoms with Crippen LogP contribution in [0.4, 0.5) is 0 Å². The van der Waals surface area contributed by atoms with E-state index in [-0.39, 0.29) is 12.3 Å². The number of hydrogen-bond donors (Lipinski definition) is 2. The van der Waals surface area contributed by atoms with Crippen molar-refractivity contribution in [1.82, 2.24) is 5.32 Å².